The van der Waals surface area contributed by atoms with Crippen LogP contribution in [0.2, 0.25) is 5.02 Å². The molecule has 3 rings (SSSR count). The van der Waals surface area contributed by atoms with Crippen LogP contribution in [0.15, 0.2) is 53.6 Å². The predicted octanol–water partition coefficient (Wildman–Crippen LogP) is 3.33. The molecule has 0 aliphatic rings. The monoisotopic (exact) mass is 342 g/mol. The Morgan fingerprint density at radius 2 is 2.04 bits per heavy atom. The van der Waals surface area contributed by atoms with E-state index in [0.29, 0.717) is 53.1 Å². The number of fused-ring (bicyclic) bond motifs is 1. The van der Waals surface area contributed by atoms with E-state index in [2.05, 4.69) is 4.98 Å². The van der Waals surface area contributed by atoms with Gasteiger partial charge in [0.05, 0.1) is 29.4 Å². The molecule has 0 radical (unpaired) electrons. The van der Waals surface area contributed by atoms with E-state index in [-0.39, 0.29) is 5.56 Å². The highest BCUT2D eigenvalue weighted by Gasteiger charge is 2.05. The molecule has 1 heterocycles. The van der Waals surface area contributed by atoms with Crippen LogP contribution in [0.5, 0.6) is 5.75 Å². The molecule has 0 amide bonds. The summed E-state index contributed by atoms with van der Waals surface area (Å²) < 4.78 is 7.17. The molecule has 122 valence electrons. The quantitative estimate of drug-likeness (QED) is 0.509. The van der Waals surface area contributed by atoms with Gasteiger partial charge in [0.1, 0.15) is 5.75 Å². The smallest absolute Gasteiger partial charge is 0.261 e. The number of benzene rings is 2. The summed E-state index contributed by atoms with van der Waals surface area (Å²) in [5, 5.41) is 1.08. The number of aromatic nitrogens is 2. The van der Waals surface area contributed by atoms with Crippen molar-refractivity contribution in [1.29, 1.82) is 0 Å². The van der Waals surface area contributed by atoms with Crippen molar-refractivity contribution in [2.75, 3.05) is 6.61 Å². The lowest BCUT2D eigenvalue weighted by Gasteiger charge is -2.10. The summed E-state index contributed by atoms with van der Waals surface area (Å²) in [4.78, 5) is 27.6. The number of para-hydroxylation sites is 1. The van der Waals surface area contributed by atoms with Gasteiger partial charge in [0, 0.05) is 11.6 Å². The summed E-state index contributed by atoms with van der Waals surface area (Å²) in [7, 11) is 0. The molecule has 0 aliphatic heterocycles. The summed E-state index contributed by atoms with van der Waals surface area (Å²) in [6.45, 7) is 0.864. The molecule has 0 saturated carbocycles. The molecule has 3 aromatic rings. The molecule has 0 unspecified atom stereocenters. The van der Waals surface area contributed by atoms with Crippen molar-refractivity contribution in [1.82, 2.24) is 9.55 Å². The number of rotatable bonds is 6. The highest BCUT2D eigenvalue weighted by atomic mass is 35.5. The maximum Gasteiger partial charge on any atom is 0.261 e. The maximum absolute atomic E-state index is 12.4. The van der Waals surface area contributed by atoms with Crippen LogP contribution < -0.4 is 10.3 Å². The predicted molar refractivity (Wildman–Crippen MR) is 93.0 cm³/mol. The zero-order valence-corrected chi connectivity index (χ0v) is 13.6. The minimum atomic E-state index is -0.0688. The van der Waals surface area contributed by atoms with E-state index in [4.69, 9.17) is 16.3 Å². The fourth-order valence-electron chi connectivity index (χ4n) is 2.43. The Bertz CT molecular complexity index is 937. The third-order valence-electron chi connectivity index (χ3n) is 3.63. The van der Waals surface area contributed by atoms with E-state index in [9.17, 15) is 9.59 Å². The van der Waals surface area contributed by atoms with Crippen molar-refractivity contribution in [2.24, 2.45) is 0 Å². The largest absolute Gasteiger partial charge is 0.493 e. The Kier molecular flexibility index (Phi) is 4.91. The van der Waals surface area contributed by atoms with Crippen LogP contribution >= 0.6 is 11.6 Å². The molecule has 24 heavy (non-hydrogen) atoms. The second-order valence-corrected chi connectivity index (χ2v) is 5.70. The van der Waals surface area contributed by atoms with E-state index >= 15 is 0 Å². The molecule has 2 aromatic carbocycles. The van der Waals surface area contributed by atoms with Gasteiger partial charge in [0.2, 0.25) is 0 Å². The van der Waals surface area contributed by atoms with Crippen LogP contribution in [0, 0.1) is 0 Å². The van der Waals surface area contributed by atoms with Crippen LogP contribution in [-0.4, -0.2) is 22.4 Å². The summed E-state index contributed by atoms with van der Waals surface area (Å²) >= 11 is 5.84. The molecule has 6 heteroatoms. The van der Waals surface area contributed by atoms with Gasteiger partial charge in [-0.25, -0.2) is 4.98 Å². The highest BCUT2D eigenvalue weighted by molar-refractivity contribution is 6.30. The fourth-order valence-corrected chi connectivity index (χ4v) is 2.61. The number of aldehydes is 1. The van der Waals surface area contributed by atoms with Gasteiger partial charge in [-0.3, -0.25) is 14.2 Å². The summed E-state index contributed by atoms with van der Waals surface area (Å²) in [5.41, 5.74) is 1.03. The lowest BCUT2D eigenvalue weighted by molar-refractivity contribution is 0.111. The SMILES string of the molecule is O=Cc1cc(Cl)ccc1OCCCn1cnc2ccccc2c1=O. The summed E-state index contributed by atoms with van der Waals surface area (Å²) in [6.07, 6.45) is 2.86. The minimum absolute atomic E-state index is 0.0688. The van der Waals surface area contributed by atoms with Crippen LogP contribution in [0.3, 0.4) is 0 Å². The van der Waals surface area contributed by atoms with Gasteiger partial charge in [-0.1, -0.05) is 23.7 Å². The number of hydrogen-bond donors (Lipinski definition) is 0. The van der Waals surface area contributed by atoms with Gasteiger partial charge in [-0.2, -0.15) is 0 Å². The zero-order valence-electron chi connectivity index (χ0n) is 12.8. The van der Waals surface area contributed by atoms with Gasteiger partial charge in [-0.05, 0) is 36.8 Å². The molecule has 0 saturated heterocycles. The standard InChI is InChI=1S/C18H15ClN2O3/c19-14-6-7-17(13(10-14)11-22)24-9-3-8-21-12-20-16-5-2-1-4-15(16)18(21)23/h1-2,4-7,10-12H,3,8-9H2. The Morgan fingerprint density at radius 1 is 1.21 bits per heavy atom. The van der Waals surface area contributed by atoms with Gasteiger partial charge in [0.15, 0.2) is 6.29 Å². The minimum Gasteiger partial charge on any atom is -0.493 e. The highest BCUT2D eigenvalue weighted by Crippen LogP contribution is 2.21. The number of carbonyl (C=O) groups excluding carboxylic acids is 1. The van der Waals surface area contributed by atoms with Gasteiger partial charge in [0.25, 0.3) is 5.56 Å². The van der Waals surface area contributed by atoms with E-state index in [1.165, 1.54) is 0 Å². The molecule has 0 N–H and O–H groups in total. The van der Waals surface area contributed by atoms with Crippen LogP contribution in [0.25, 0.3) is 10.9 Å². The van der Waals surface area contributed by atoms with Crippen molar-refractivity contribution < 1.29 is 9.53 Å². The van der Waals surface area contributed by atoms with Crippen LogP contribution in [0.4, 0.5) is 0 Å². The first-order chi connectivity index (χ1) is 11.7. The molecule has 0 bridgehead atoms. The Balaban J connectivity index is 1.64. The first-order valence-electron chi connectivity index (χ1n) is 7.51. The lowest BCUT2D eigenvalue weighted by Crippen LogP contribution is -2.21. The van der Waals surface area contributed by atoms with Crippen molar-refractivity contribution >= 4 is 28.8 Å². The molecule has 0 fully saturated rings. The zero-order chi connectivity index (χ0) is 16.9. The number of ether oxygens (including phenoxy) is 1. The summed E-state index contributed by atoms with van der Waals surface area (Å²) in [5.74, 6) is 0.485. The Hall–Kier alpha value is -2.66. The topological polar surface area (TPSA) is 61.2 Å². The van der Waals surface area contributed by atoms with E-state index in [1.807, 2.05) is 18.2 Å². The number of hydrogen-bond acceptors (Lipinski definition) is 4. The van der Waals surface area contributed by atoms with Gasteiger partial charge < -0.3 is 4.74 Å². The lowest BCUT2D eigenvalue weighted by atomic mass is 10.2. The maximum atomic E-state index is 12.4. The first-order valence-corrected chi connectivity index (χ1v) is 7.88. The molecule has 0 spiro atoms. The number of halogens is 1. The van der Waals surface area contributed by atoms with Crippen LogP contribution in [-0.2, 0) is 6.54 Å². The van der Waals surface area contributed by atoms with Crippen molar-refractivity contribution in [3.8, 4) is 5.75 Å². The third kappa shape index (κ3) is 3.46. The molecule has 0 aliphatic carbocycles. The number of aryl methyl sites for hydroxylation is 1. The van der Waals surface area contributed by atoms with Gasteiger partial charge in [-0.15, -0.1) is 0 Å². The van der Waals surface area contributed by atoms with Crippen molar-refractivity contribution in [3.63, 3.8) is 0 Å². The molecule has 0 atom stereocenters. The van der Waals surface area contributed by atoms with Crippen LogP contribution in [0.1, 0.15) is 16.8 Å². The molecule has 5 nitrogen and oxygen atoms in total. The summed E-state index contributed by atoms with van der Waals surface area (Å²) in [6, 6.07) is 12.1. The average molecular weight is 343 g/mol. The Labute approximate surface area is 143 Å². The third-order valence-corrected chi connectivity index (χ3v) is 3.87. The van der Waals surface area contributed by atoms with E-state index in [1.54, 1.807) is 35.2 Å². The first kappa shape index (κ1) is 16.2. The average Bonchev–Trinajstić information content (AvgIpc) is 2.61. The Morgan fingerprint density at radius 3 is 2.88 bits per heavy atom. The second-order valence-electron chi connectivity index (χ2n) is 5.26. The van der Waals surface area contributed by atoms with Gasteiger partial charge >= 0.3 is 0 Å². The number of carbonyl (C=O) groups is 1. The van der Waals surface area contributed by atoms with Crippen molar-refractivity contribution in [2.45, 2.75) is 13.0 Å². The van der Waals surface area contributed by atoms with E-state index < -0.39 is 0 Å². The molecular formula is C18H15ClN2O3. The molecule has 1 aromatic heterocycles. The normalized spacial score (nSPS) is 10.7. The second kappa shape index (κ2) is 7.27. The molecular weight excluding hydrogens is 328 g/mol. The fraction of sp³-hybridized carbons (Fsp3) is 0.167. The number of nitrogens with zero attached hydrogens (tertiary/aromatic N) is 2. The van der Waals surface area contributed by atoms with E-state index in [0.717, 1.165) is 0 Å². The van der Waals surface area contributed by atoms with Crippen molar-refractivity contribution in [3.05, 3.63) is 69.7 Å².